The van der Waals surface area contributed by atoms with E-state index in [0.717, 1.165) is 6.42 Å². The van der Waals surface area contributed by atoms with Gasteiger partial charge >= 0.3 is 11.9 Å². The van der Waals surface area contributed by atoms with Gasteiger partial charge in [-0.2, -0.15) is 0 Å². The second-order valence-electron chi connectivity index (χ2n) is 8.59. The molecule has 0 heterocycles. The number of carboxylic acid groups (broad SMARTS) is 2. The van der Waals surface area contributed by atoms with E-state index in [1.165, 1.54) is 0 Å². The summed E-state index contributed by atoms with van der Waals surface area (Å²) < 4.78 is 0. The summed E-state index contributed by atoms with van der Waals surface area (Å²) in [4.78, 5) is 22.9. The lowest BCUT2D eigenvalue weighted by Gasteiger charge is -2.67. The lowest BCUT2D eigenvalue weighted by atomic mass is 9.38. The van der Waals surface area contributed by atoms with Crippen LogP contribution in [0.15, 0.2) is 12.2 Å². The van der Waals surface area contributed by atoms with Crippen molar-refractivity contribution in [2.45, 2.75) is 63.9 Å². The van der Waals surface area contributed by atoms with Crippen LogP contribution in [0.3, 0.4) is 0 Å². The molecule has 0 radical (unpaired) electrons. The van der Waals surface area contributed by atoms with Gasteiger partial charge in [-0.25, -0.2) is 4.79 Å². The second-order valence-corrected chi connectivity index (χ2v) is 8.59. The fraction of sp³-hybridized carbons (Fsp3) is 0.765. The highest BCUT2D eigenvalue weighted by molar-refractivity contribution is 5.85. The Balaban J connectivity index is 1.91. The highest BCUT2D eigenvalue weighted by Crippen LogP contribution is 2.72. The van der Waals surface area contributed by atoms with Gasteiger partial charge in [-0.05, 0) is 62.2 Å². The molecule has 4 rings (SSSR count). The topological polar surface area (TPSA) is 94.8 Å². The summed E-state index contributed by atoms with van der Waals surface area (Å²) in [6.07, 6.45) is 4.62. The SMILES string of the molecule is C=C(CCC12CC3(C)CC(O)(C1)CC(C(=O)O)(C3)C2)C(=O)O. The van der Waals surface area contributed by atoms with Crippen LogP contribution in [-0.2, 0) is 9.59 Å². The van der Waals surface area contributed by atoms with Gasteiger partial charge in [-0.3, -0.25) is 4.79 Å². The molecule has 22 heavy (non-hydrogen) atoms. The molecule has 0 spiro atoms. The molecule has 4 fully saturated rings. The first-order valence-electron chi connectivity index (χ1n) is 7.88. The second kappa shape index (κ2) is 4.34. The maximum Gasteiger partial charge on any atom is 0.330 e. The van der Waals surface area contributed by atoms with Gasteiger partial charge in [0, 0.05) is 5.57 Å². The first kappa shape index (κ1) is 15.5. The number of rotatable bonds is 5. The summed E-state index contributed by atoms with van der Waals surface area (Å²) in [6, 6.07) is 0. The Hall–Kier alpha value is -1.36. The van der Waals surface area contributed by atoms with E-state index in [9.17, 15) is 19.8 Å². The molecule has 4 unspecified atom stereocenters. The molecule has 0 aromatic rings. The van der Waals surface area contributed by atoms with Crippen molar-refractivity contribution >= 4 is 11.9 Å². The predicted octanol–water partition coefficient (Wildman–Crippen LogP) is 2.58. The van der Waals surface area contributed by atoms with Crippen LogP contribution in [0.1, 0.15) is 58.3 Å². The number of carbonyl (C=O) groups is 2. The molecule has 4 atom stereocenters. The van der Waals surface area contributed by atoms with Crippen molar-refractivity contribution in [1.29, 1.82) is 0 Å². The molecule has 122 valence electrons. The van der Waals surface area contributed by atoms with E-state index < -0.39 is 23.0 Å². The molecule has 3 N–H and O–H groups in total. The van der Waals surface area contributed by atoms with Gasteiger partial charge in [0.25, 0.3) is 0 Å². The molecule has 5 heteroatoms. The Labute approximate surface area is 130 Å². The monoisotopic (exact) mass is 308 g/mol. The standard InChI is InChI=1S/C17H24O5/c1-11(12(18)19)3-4-15-5-14(2)6-16(8-15,13(20)21)10-17(22,7-14)9-15/h22H,1,3-10H2,2H3,(H,18,19)(H,20,21). The van der Waals surface area contributed by atoms with E-state index in [-0.39, 0.29) is 16.4 Å². The van der Waals surface area contributed by atoms with E-state index in [1.807, 2.05) is 0 Å². The molecule has 4 bridgehead atoms. The summed E-state index contributed by atoms with van der Waals surface area (Å²) >= 11 is 0. The Morgan fingerprint density at radius 3 is 2.27 bits per heavy atom. The average molecular weight is 308 g/mol. The third-order valence-electron chi connectivity index (χ3n) is 6.12. The predicted molar refractivity (Wildman–Crippen MR) is 79.3 cm³/mol. The van der Waals surface area contributed by atoms with Crippen molar-refractivity contribution in [3.05, 3.63) is 12.2 Å². The number of carboxylic acids is 2. The van der Waals surface area contributed by atoms with Crippen molar-refractivity contribution in [2.24, 2.45) is 16.2 Å². The minimum Gasteiger partial charge on any atom is -0.481 e. The van der Waals surface area contributed by atoms with Crippen molar-refractivity contribution in [2.75, 3.05) is 0 Å². The Morgan fingerprint density at radius 2 is 1.73 bits per heavy atom. The Bertz CT molecular complexity index is 545. The van der Waals surface area contributed by atoms with Crippen LogP contribution in [0, 0.1) is 16.2 Å². The summed E-state index contributed by atoms with van der Waals surface area (Å²) in [5, 5.41) is 29.7. The zero-order chi connectivity index (χ0) is 16.4. The largest absolute Gasteiger partial charge is 0.481 e. The van der Waals surface area contributed by atoms with E-state index >= 15 is 0 Å². The van der Waals surface area contributed by atoms with Crippen molar-refractivity contribution < 1.29 is 24.9 Å². The Morgan fingerprint density at radius 1 is 1.05 bits per heavy atom. The quantitative estimate of drug-likeness (QED) is 0.679. The first-order valence-corrected chi connectivity index (χ1v) is 7.88. The van der Waals surface area contributed by atoms with E-state index in [1.54, 1.807) is 0 Å². The molecule has 4 saturated carbocycles. The van der Waals surface area contributed by atoms with E-state index in [0.29, 0.717) is 44.9 Å². The molecule has 0 saturated heterocycles. The Kier molecular flexibility index (Phi) is 3.07. The average Bonchev–Trinajstić information content (AvgIpc) is 2.31. The minimum absolute atomic E-state index is 0.160. The van der Waals surface area contributed by atoms with Gasteiger partial charge in [-0.1, -0.05) is 13.5 Å². The lowest BCUT2D eigenvalue weighted by molar-refractivity contribution is -0.236. The number of aliphatic hydroxyl groups is 1. The van der Waals surface area contributed by atoms with Gasteiger partial charge in [-0.15, -0.1) is 0 Å². The van der Waals surface area contributed by atoms with Crippen LogP contribution >= 0.6 is 0 Å². The van der Waals surface area contributed by atoms with E-state index in [4.69, 9.17) is 5.11 Å². The molecular formula is C17H24O5. The summed E-state index contributed by atoms with van der Waals surface area (Å²) in [5.41, 5.74) is -2.02. The fourth-order valence-electron chi connectivity index (χ4n) is 6.33. The number of hydrogen-bond donors (Lipinski definition) is 3. The molecule has 0 aromatic heterocycles. The highest BCUT2D eigenvalue weighted by Gasteiger charge is 2.68. The maximum absolute atomic E-state index is 11.9. The van der Waals surface area contributed by atoms with Crippen molar-refractivity contribution in [3.63, 3.8) is 0 Å². The maximum atomic E-state index is 11.9. The van der Waals surface area contributed by atoms with Gasteiger partial charge in [0.15, 0.2) is 0 Å². The molecule has 0 aliphatic heterocycles. The third kappa shape index (κ3) is 2.26. The first-order chi connectivity index (χ1) is 10.0. The molecule has 0 amide bonds. The minimum atomic E-state index is -0.998. The zero-order valence-electron chi connectivity index (χ0n) is 13.0. The van der Waals surface area contributed by atoms with Crippen molar-refractivity contribution in [3.8, 4) is 0 Å². The van der Waals surface area contributed by atoms with E-state index in [2.05, 4.69) is 13.5 Å². The van der Waals surface area contributed by atoms with Gasteiger partial charge < -0.3 is 15.3 Å². The highest BCUT2D eigenvalue weighted by atomic mass is 16.4. The van der Waals surface area contributed by atoms with Gasteiger partial charge in [0.05, 0.1) is 11.0 Å². The van der Waals surface area contributed by atoms with Crippen molar-refractivity contribution in [1.82, 2.24) is 0 Å². The molecule has 0 aromatic carbocycles. The normalized spacial score (nSPS) is 45.7. The van der Waals surface area contributed by atoms with Crippen LogP contribution in [0.5, 0.6) is 0 Å². The molecule has 5 nitrogen and oxygen atoms in total. The number of hydrogen-bond acceptors (Lipinski definition) is 3. The summed E-state index contributed by atoms with van der Waals surface area (Å²) in [5.74, 6) is -1.81. The zero-order valence-corrected chi connectivity index (χ0v) is 13.0. The van der Waals surface area contributed by atoms with Crippen LogP contribution in [-0.4, -0.2) is 32.9 Å². The van der Waals surface area contributed by atoms with Crippen LogP contribution < -0.4 is 0 Å². The lowest BCUT2D eigenvalue weighted by Crippen LogP contribution is -2.65. The van der Waals surface area contributed by atoms with Crippen LogP contribution in [0.4, 0.5) is 0 Å². The third-order valence-corrected chi connectivity index (χ3v) is 6.12. The van der Waals surface area contributed by atoms with Crippen LogP contribution in [0.2, 0.25) is 0 Å². The number of aliphatic carboxylic acids is 2. The molecular weight excluding hydrogens is 284 g/mol. The van der Waals surface area contributed by atoms with Gasteiger partial charge in [0.2, 0.25) is 0 Å². The van der Waals surface area contributed by atoms with Gasteiger partial charge in [0.1, 0.15) is 0 Å². The molecule has 4 aliphatic rings. The fourth-order valence-corrected chi connectivity index (χ4v) is 6.33. The summed E-state index contributed by atoms with van der Waals surface area (Å²) in [7, 11) is 0. The smallest absolute Gasteiger partial charge is 0.330 e. The molecule has 4 aliphatic carbocycles. The summed E-state index contributed by atoms with van der Waals surface area (Å²) in [6.45, 7) is 5.66. The van der Waals surface area contributed by atoms with Crippen LogP contribution in [0.25, 0.3) is 0 Å².